The van der Waals surface area contributed by atoms with Crippen molar-refractivity contribution in [3.05, 3.63) is 83.8 Å². The Kier molecular flexibility index (Phi) is 6.91. The lowest BCUT2D eigenvalue weighted by Gasteiger charge is -2.10. The SMILES string of the molecule is CC(C)C(=O)Nc1cccc(CNC(=O)c2occc2CS(=O)(=O)c2ccccc2)c1. The van der Waals surface area contributed by atoms with Gasteiger partial charge in [-0.3, -0.25) is 9.59 Å². The Labute approximate surface area is 181 Å². The topological polar surface area (TPSA) is 105 Å². The summed E-state index contributed by atoms with van der Waals surface area (Å²) in [6, 6.07) is 16.7. The molecule has 0 saturated carbocycles. The summed E-state index contributed by atoms with van der Waals surface area (Å²) in [4.78, 5) is 24.6. The average molecular weight is 441 g/mol. The van der Waals surface area contributed by atoms with E-state index in [-0.39, 0.29) is 34.8 Å². The van der Waals surface area contributed by atoms with Crippen LogP contribution < -0.4 is 10.6 Å². The summed E-state index contributed by atoms with van der Waals surface area (Å²) in [5.41, 5.74) is 1.71. The second kappa shape index (κ2) is 9.61. The minimum absolute atomic E-state index is 0.0382. The number of anilines is 1. The molecule has 0 aliphatic heterocycles. The van der Waals surface area contributed by atoms with Gasteiger partial charge in [0.05, 0.1) is 16.9 Å². The van der Waals surface area contributed by atoms with Crippen molar-refractivity contribution in [2.75, 3.05) is 5.32 Å². The summed E-state index contributed by atoms with van der Waals surface area (Å²) in [7, 11) is -3.61. The van der Waals surface area contributed by atoms with Crippen LogP contribution >= 0.6 is 0 Å². The van der Waals surface area contributed by atoms with E-state index in [4.69, 9.17) is 4.42 Å². The first-order valence-corrected chi connectivity index (χ1v) is 11.4. The molecule has 0 bridgehead atoms. The van der Waals surface area contributed by atoms with E-state index < -0.39 is 15.7 Å². The van der Waals surface area contributed by atoms with Gasteiger partial charge in [-0.2, -0.15) is 0 Å². The molecule has 0 aliphatic rings. The van der Waals surface area contributed by atoms with Crippen LogP contribution in [0.3, 0.4) is 0 Å². The van der Waals surface area contributed by atoms with Crippen molar-refractivity contribution >= 4 is 27.3 Å². The summed E-state index contributed by atoms with van der Waals surface area (Å²) < 4.78 is 30.5. The molecule has 0 saturated heterocycles. The molecule has 0 spiro atoms. The zero-order valence-electron chi connectivity index (χ0n) is 17.3. The van der Waals surface area contributed by atoms with E-state index in [1.165, 1.54) is 24.5 Å². The van der Waals surface area contributed by atoms with E-state index in [2.05, 4.69) is 10.6 Å². The minimum atomic E-state index is -3.61. The fourth-order valence-electron chi connectivity index (χ4n) is 2.87. The largest absolute Gasteiger partial charge is 0.459 e. The van der Waals surface area contributed by atoms with Gasteiger partial charge in [-0.15, -0.1) is 0 Å². The predicted molar refractivity (Wildman–Crippen MR) is 117 cm³/mol. The highest BCUT2D eigenvalue weighted by Gasteiger charge is 2.22. The number of nitrogens with one attached hydrogen (secondary N) is 2. The molecule has 7 nitrogen and oxygen atoms in total. The number of carbonyl (C=O) groups is 2. The maximum absolute atomic E-state index is 12.6. The van der Waals surface area contributed by atoms with Crippen molar-refractivity contribution < 1.29 is 22.4 Å². The van der Waals surface area contributed by atoms with Crippen molar-refractivity contribution in [1.29, 1.82) is 0 Å². The van der Waals surface area contributed by atoms with E-state index >= 15 is 0 Å². The number of amides is 2. The van der Waals surface area contributed by atoms with Gasteiger partial charge in [-0.1, -0.05) is 44.2 Å². The molecule has 1 aromatic heterocycles. The normalized spacial score (nSPS) is 11.3. The third kappa shape index (κ3) is 5.82. The van der Waals surface area contributed by atoms with E-state index in [1.54, 1.807) is 50.2 Å². The highest BCUT2D eigenvalue weighted by molar-refractivity contribution is 7.90. The van der Waals surface area contributed by atoms with Gasteiger partial charge in [-0.05, 0) is 35.9 Å². The molecule has 3 rings (SSSR count). The van der Waals surface area contributed by atoms with Crippen LogP contribution in [0.1, 0.15) is 35.5 Å². The number of sulfone groups is 1. The first-order chi connectivity index (χ1) is 14.8. The van der Waals surface area contributed by atoms with Gasteiger partial charge in [0.25, 0.3) is 5.91 Å². The van der Waals surface area contributed by atoms with Crippen LogP contribution in [0, 0.1) is 5.92 Å². The maximum Gasteiger partial charge on any atom is 0.287 e. The van der Waals surface area contributed by atoms with Gasteiger partial charge in [0.2, 0.25) is 5.91 Å². The summed E-state index contributed by atoms with van der Waals surface area (Å²) >= 11 is 0. The van der Waals surface area contributed by atoms with E-state index in [1.807, 2.05) is 6.07 Å². The Morgan fingerprint density at radius 3 is 2.45 bits per heavy atom. The van der Waals surface area contributed by atoms with E-state index in [9.17, 15) is 18.0 Å². The van der Waals surface area contributed by atoms with Gasteiger partial charge < -0.3 is 15.1 Å². The van der Waals surface area contributed by atoms with Crippen molar-refractivity contribution in [2.24, 2.45) is 5.92 Å². The molecule has 2 amide bonds. The third-order valence-corrected chi connectivity index (χ3v) is 6.25. The summed E-state index contributed by atoms with van der Waals surface area (Å²) in [5, 5.41) is 5.54. The van der Waals surface area contributed by atoms with Gasteiger partial charge in [0, 0.05) is 23.7 Å². The molecule has 31 heavy (non-hydrogen) atoms. The van der Waals surface area contributed by atoms with E-state index in [0.29, 0.717) is 11.3 Å². The van der Waals surface area contributed by atoms with Crippen molar-refractivity contribution in [2.45, 2.75) is 31.0 Å². The highest BCUT2D eigenvalue weighted by atomic mass is 32.2. The molecule has 0 radical (unpaired) electrons. The van der Waals surface area contributed by atoms with Crippen LogP contribution in [0.5, 0.6) is 0 Å². The molecule has 1 heterocycles. The van der Waals surface area contributed by atoms with Gasteiger partial charge in [0.1, 0.15) is 0 Å². The number of hydrogen-bond acceptors (Lipinski definition) is 5. The predicted octanol–water partition coefficient (Wildman–Crippen LogP) is 3.78. The molecule has 0 fully saturated rings. The quantitative estimate of drug-likeness (QED) is 0.555. The van der Waals surface area contributed by atoms with Crippen LogP contribution in [0.2, 0.25) is 0 Å². The number of rotatable bonds is 8. The van der Waals surface area contributed by atoms with Gasteiger partial charge >= 0.3 is 0 Å². The van der Waals surface area contributed by atoms with E-state index in [0.717, 1.165) is 5.56 Å². The molecule has 3 aromatic rings. The first kappa shape index (κ1) is 22.3. The zero-order valence-corrected chi connectivity index (χ0v) is 18.1. The summed E-state index contributed by atoms with van der Waals surface area (Å²) in [6.45, 7) is 3.80. The van der Waals surface area contributed by atoms with Crippen LogP contribution in [-0.4, -0.2) is 20.2 Å². The summed E-state index contributed by atoms with van der Waals surface area (Å²) in [6.07, 6.45) is 1.30. The number of furan rings is 1. The molecule has 2 N–H and O–H groups in total. The first-order valence-electron chi connectivity index (χ1n) is 9.78. The monoisotopic (exact) mass is 440 g/mol. The Balaban J connectivity index is 1.67. The lowest BCUT2D eigenvalue weighted by Crippen LogP contribution is -2.24. The Morgan fingerprint density at radius 2 is 1.74 bits per heavy atom. The zero-order chi connectivity index (χ0) is 22.4. The Bertz CT molecular complexity index is 1170. The second-order valence-electron chi connectivity index (χ2n) is 7.37. The molecular formula is C23H24N2O5S. The van der Waals surface area contributed by atoms with Gasteiger partial charge in [-0.25, -0.2) is 8.42 Å². The average Bonchev–Trinajstić information content (AvgIpc) is 3.20. The van der Waals surface area contributed by atoms with Crippen LogP contribution in [0.25, 0.3) is 0 Å². The Morgan fingerprint density at radius 1 is 1.00 bits per heavy atom. The van der Waals surface area contributed by atoms with Crippen molar-refractivity contribution in [1.82, 2.24) is 5.32 Å². The van der Waals surface area contributed by atoms with Crippen LogP contribution in [-0.2, 0) is 26.9 Å². The summed E-state index contributed by atoms with van der Waals surface area (Å²) in [5.74, 6) is -1.13. The standard InChI is InChI=1S/C23H24N2O5S/c1-16(2)22(26)25-19-8-6-7-17(13-19)14-24-23(27)21-18(11-12-30-21)15-31(28,29)20-9-4-3-5-10-20/h3-13,16H,14-15H2,1-2H3,(H,24,27)(H,25,26). The lowest BCUT2D eigenvalue weighted by molar-refractivity contribution is -0.118. The van der Waals surface area contributed by atoms with Crippen LogP contribution in [0.4, 0.5) is 5.69 Å². The molecule has 2 aromatic carbocycles. The number of benzene rings is 2. The smallest absolute Gasteiger partial charge is 0.287 e. The lowest BCUT2D eigenvalue weighted by atomic mass is 10.1. The van der Waals surface area contributed by atoms with Crippen molar-refractivity contribution in [3.8, 4) is 0 Å². The highest BCUT2D eigenvalue weighted by Crippen LogP contribution is 2.20. The molecule has 162 valence electrons. The van der Waals surface area contributed by atoms with Crippen molar-refractivity contribution in [3.63, 3.8) is 0 Å². The maximum atomic E-state index is 12.6. The molecule has 0 unspecified atom stereocenters. The van der Waals surface area contributed by atoms with Gasteiger partial charge in [0.15, 0.2) is 15.6 Å². The minimum Gasteiger partial charge on any atom is -0.459 e. The molecule has 0 atom stereocenters. The second-order valence-corrected chi connectivity index (χ2v) is 9.36. The third-order valence-electron chi connectivity index (χ3n) is 4.57. The Hall–Kier alpha value is -3.39. The van der Waals surface area contributed by atoms with Crippen LogP contribution in [0.15, 0.2) is 76.2 Å². The number of carbonyl (C=O) groups excluding carboxylic acids is 2. The fourth-order valence-corrected chi connectivity index (χ4v) is 4.25. The molecule has 0 aliphatic carbocycles. The fraction of sp³-hybridized carbons (Fsp3) is 0.217. The number of hydrogen-bond donors (Lipinski definition) is 2. The molecule has 8 heteroatoms. The molecular weight excluding hydrogens is 416 g/mol.